The molecule has 182 valence electrons. The molecule has 1 aliphatic rings. The number of urea groups is 1. The number of imide groups is 1. The fraction of sp³-hybridized carbons (Fsp3) is 0.233. The molecule has 0 aliphatic carbocycles. The Bertz CT molecular complexity index is 1450. The summed E-state index contributed by atoms with van der Waals surface area (Å²) in [5.74, 6) is -0.410. The number of piperazine rings is 1. The van der Waals surface area contributed by atoms with Gasteiger partial charge in [0.25, 0.3) is 5.91 Å². The van der Waals surface area contributed by atoms with Gasteiger partial charge in [0, 0.05) is 33.0 Å². The highest BCUT2D eigenvalue weighted by molar-refractivity contribution is 6.00. The maximum atomic E-state index is 13.4. The molecule has 1 heterocycles. The number of amides is 4. The second-order valence-electron chi connectivity index (χ2n) is 9.22. The second kappa shape index (κ2) is 10.2. The van der Waals surface area contributed by atoms with Gasteiger partial charge in [-0.3, -0.25) is 14.5 Å². The molecule has 1 fully saturated rings. The maximum absolute atomic E-state index is 13.4. The molecule has 36 heavy (non-hydrogen) atoms. The highest BCUT2D eigenvalue weighted by Crippen LogP contribution is 2.23. The first-order valence-corrected chi connectivity index (χ1v) is 12.3. The average Bonchev–Trinajstić information content (AvgIpc) is 2.92. The summed E-state index contributed by atoms with van der Waals surface area (Å²) in [5.41, 5.74) is 2.04. The third-order valence-corrected chi connectivity index (χ3v) is 6.96. The molecule has 4 amide bonds. The standard InChI is InChI=1S/C30H29N3O3/c1-31-30(36)33-17-16-32(28(34)15-12-21-10-13-23-6-2-4-8-25(23)18-21)27(29(33)35)20-22-11-14-24-7-3-5-9-26(24)19-22/h2-11,13-14,18-19,27H,12,15-17,20H2,1H3,(H,31,36)/t27-/m1/s1. The summed E-state index contributed by atoms with van der Waals surface area (Å²) >= 11 is 0. The lowest BCUT2D eigenvalue weighted by Crippen LogP contribution is -2.62. The first kappa shape index (κ1) is 23.5. The third kappa shape index (κ3) is 4.80. The van der Waals surface area contributed by atoms with Crippen LogP contribution in [0.5, 0.6) is 0 Å². The number of carbonyl (C=O) groups is 3. The first-order valence-electron chi connectivity index (χ1n) is 12.3. The SMILES string of the molecule is CNC(=O)N1CCN(C(=O)CCc2ccc3ccccc3c2)[C@H](Cc2ccc3ccccc3c2)C1=O. The van der Waals surface area contributed by atoms with Crippen molar-refractivity contribution in [1.82, 2.24) is 15.1 Å². The van der Waals surface area contributed by atoms with Crippen molar-refractivity contribution in [3.05, 3.63) is 96.1 Å². The van der Waals surface area contributed by atoms with Crippen LogP contribution in [0.2, 0.25) is 0 Å². The Morgan fingerprint density at radius 3 is 2.03 bits per heavy atom. The predicted octanol–water partition coefficient (Wildman–Crippen LogP) is 4.55. The molecule has 0 unspecified atom stereocenters. The van der Waals surface area contributed by atoms with Crippen LogP contribution >= 0.6 is 0 Å². The Morgan fingerprint density at radius 2 is 1.39 bits per heavy atom. The van der Waals surface area contributed by atoms with Crippen molar-refractivity contribution in [3.8, 4) is 0 Å². The van der Waals surface area contributed by atoms with Crippen LogP contribution in [0.1, 0.15) is 17.5 Å². The Labute approximate surface area is 210 Å². The summed E-state index contributed by atoms with van der Waals surface area (Å²) in [6.45, 7) is 0.516. The van der Waals surface area contributed by atoms with E-state index in [-0.39, 0.29) is 18.4 Å². The summed E-state index contributed by atoms with van der Waals surface area (Å²) in [4.78, 5) is 42.0. The molecule has 0 saturated carbocycles. The number of nitrogens with one attached hydrogen (secondary N) is 1. The Hall–Kier alpha value is -4.19. The van der Waals surface area contributed by atoms with Gasteiger partial charge < -0.3 is 10.2 Å². The van der Waals surface area contributed by atoms with E-state index >= 15 is 0 Å². The highest BCUT2D eigenvalue weighted by Gasteiger charge is 2.39. The number of hydrogen-bond donors (Lipinski definition) is 1. The lowest BCUT2D eigenvalue weighted by molar-refractivity contribution is -0.148. The lowest BCUT2D eigenvalue weighted by atomic mass is 9.97. The smallest absolute Gasteiger partial charge is 0.323 e. The Balaban J connectivity index is 1.36. The molecule has 0 bridgehead atoms. The minimum absolute atomic E-state index is 0.0705. The van der Waals surface area contributed by atoms with Gasteiger partial charge in [-0.1, -0.05) is 84.9 Å². The molecule has 0 spiro atoms. The van der Waals surface area contributed by atoms with Crippen molar-refractivity contribution < 1.29 is 14.4 Å². The van der Waals surface area contributed by atoms with Crippen LogP contribution in [-0.2, 0) is 22.4 Å². The summed E-state index contributed by atoms with van der Waals surface area (Å²) < 4.78 is 0. The zero-order valence-corrected chi connectivity index (χ0v) is 20.3. The van der Waals surface area contributed by atoms with E-state index in [0.29, 0.717) is 25.8 Å². The van der Waals surface area contributed by atoms with E-state index < -0.39 is 12.1 Å². The Kier molecular flexibility index (Phi) is 6.67. The molecule has 1 saturated heterocycles. The van der Waals surface area contributed by atoms with E-state index in [0.717, 1.165) is 27.3 Å². The van der Waals surface area contributed by atoms with Crippen LogP contribution in [-0.4, -0.2) is 53.8 Å². The van der Waals surface area contributed by atoms with Crippen molar-refractivity contribution in [1.29, 1.82) is 0 Å². The van der Waals surface area contributed by atoms with Gasteiger partial charge in [0.2, 0.25) is 5.91 Å². The molecule has 6 heteroatoms. The van der Waals surface area contributed by atoms with Crippen molar-refractivity contribution in [2.45, 2.75) is 25.3 Å². The van der Waals surface area contributed by atoms with E-state index in [2.05, 4.69) is 41.7 Å². The molecule has 1 N–H and O–H groups in total. The molecule has 4 aromatic carbocycles. The van der Waals surface area contributed by atoms with Gasteiger partial charge in [-0.05, 0) is 39.1 Å². The fourth-order valence-electron chi connectivity index (χ4n) is 5.00. The minimum atomic E-state index is -0.721. The van der Waals surface area contributed by atoms with Gasteiger partial charge in [-0.25, -0.2) is 4.79 Å². The van der Waals surface area contributed by atoms with Crippen LogP contribution in [0.25, 0.3) is 21.5 Å². The molecule has 4 aromatic rings. The summed E-state index contributed by atoms with van der Waals surface area (Å²) in [6, 6.07) is 27.4. The number of rotatable bonds is 5. The summed E-state index contributed by atoms with van der Waals surface area (Å²) in [7, 11) is 1.51. The van der Waals surface area contributed by atoms with E-state index in [1.165, 1.54) is 17.3 Å². The highest BCUT2D eigenvalue weighted by atomic mass is 16.2. The fourth-order valence-corrected chi connectivity index (χ4v) is 5.00. The quantitative estimate of drug-likeness (QED) is 0.457. The lowest BCUT2D eigenvalue weighted by Gasteiger charge is -2.39. The van der Waals surface area contributed by atoms with Gasteiger partial charge in [0.15, 0.2) is 0 Å². The zero-order valence-electron chi connectivity index (χ0n) is 20.3. The molecular formula is C30H29N3O3. The topological polar surface area (TPSA) is 69.7 Å². The summed E-state index contributed by atoms with van der Waals surface area (Å²) in [6.07, 6.45) is 1.26. The van der Waals surface area contributed by atoms with Crippen LogP contribution in [0.4, 0.5) is 4.79 Å². The number of benzene rings is 4. The zero-order chi connectivity index (χ0) is 25.1. The van der Waals surface area contributed by atoms with Crippen molar-refractivity contribution in [2.24, 2.45) is 0 Å². The van der Waals surface area contributed by atoms with Crippen LogP contribution in [0.3, 0.4) is 0 Å². The molecular weight excluding hydrogens is 450 g/mol. The second-order valence-corrected chi connectivity index (χ2v) is 9.22. The number of nitrogens with zero attached hydrogens (tertiary/aromatic N) is 2. The third-order valence-electron chi connectivity index (χ3n) is 6.96. The predicted molar refractivity (Wildman–Crippen MR) is 142 cm³/mol. The van der Waals surface area contributed by atoms with Crippen LogP contribution in [0, 0.1) is 0 Å². The number of hydrogen-bond acceptors (Lipinski definition) is 3. The number of fused-ring (bicyclic) bond motifs is 2. The molecule has 1 atom stereocenters. The Morgan fingerprint density at radius 1 is 0.806 bits per heavy atom. The number of carbonyl (C=O) groups excluding carboxylic acids is 3. The maximum Gasteiger partial charge on any atom is 0.323 e. The largest absolute Gasteiger partial charge is 0.341 e. The number of aryl methyl sites for hydroxylation is 1. The van der Waals surface area contributed by atoms with Crippen LogP contribution in [0.15, 0.2) is 84.9 Å². The van der Waals surface area contributed by atoms with Crippen LogP contribution < -0.4 is 5.32 Å². The van der Waals surface area contributed by atoms with Crippen molar-refractivity contribution in [2.75, 3.05) is 20.1 Å². The van der Waals surface area contributed by atoms with Gasteiger partial charge in [-0.15, -0.1) is 0 Å². The molecule has 6 nitrogen and oxygen atoms in total. The monoisotopic (exact) mass is 479 g/mol. The molecule has 5 rings (SSSR count). The summed E-state index contributed by atoms with van der Waals surface area (Å²) in [5, 5.41) is 7.05. The average molecular weight is 480 g/mol. The minimum Gasteiger partial charge on any atom is -0.341 e. The molecule has 0 aromatic heterocycles. The van der Waals surface area contributed by atoms with Gasteiger partial charge in [-0.2, -0.15) is 0 Å². The normalized spacial score (nSPS) is 15.9. The van der Waals surface area contributed by atoms with E-state index in [1.807, 2.05) is 48.5 Å². The van der Waals surface area contributed by atoms with Crippen molar-refractivity contribution in [3.63, 3.8) is 0 Å². The van der Waals surface area contributed by atoms with E-state index in [1.54, 1.807) is 4.90 Å². The first-order chi connectivity index (χ1) is 17.5. The molecule has 0 radical (unpaired) electrons. The molecule has 1 aliphatic heterocycles. The van der Waals surface area contributed by atoms with Crippen molar-refractivity contribution >= 4 is 39.4 Å². The van der Waals surface area contributed by atoms with Gasteiger partial charge in [0.1, 0.15) is 6.04 Å². The van der Waals surface area contributed by atoms with Gasteiger partial charge in [0.05, 0.1) is 0 Å². The van der Waals surface area contributed by atoms with Gasteiger partial charge >= 0.3 is 6.03 Å². The van der Waals surface area contributed by atoms with E-state index in [9.17, 15) is 14.4 Å². The van der Waals surface area contributed by atoms with E-state index in [4.69, 9.17) is 0 Å².